The molecule has 0 radical (unpaired) electrons. The molecule has 0 spiro atoms. The number of nitrogens with one attached hydrogen (secondary N) is 2. The van der Waals surface area contributed by atoms with Gasteiger partial charge in [0.1, 0.15) is 18.9 Å². The summed E-state index contributed by atoms with van der Waals surface area (Å²) < 4.78 is 11.2. The van der Waals surface area contributed by atoms with E-state index in [1.54, 1.807) is 13.8 Å². The number of amides is 1. The molecule has 1 saturated heterocycles. The largest absolute Gasteiger partial charge is 0.460 e. The Labute approximate surface area is 166 Å². The number of carbonyl (C=O) groups is 3. The molecule has 2 N–H and O–H groups in total. The molecule has 1 aromatic rings. The van der Waals surface area contributed by atoms with Gasteiger partial charge in [-0.3, -0.25) is 19.7 Å². The van der Waals surface area contributed by atoms with Gasteiger partial charge in [-0.05, 0) is 25.3 Å². The van der Waals surface area contributed by atoms with E-state index in [0.717, 1.165) is 5.56 Å². The molecule has 0 bridgehead atoms. The van der Waals surface area contributed by atoms with E-state index in [1.807, 2.05) is 44.2 Å². The Morgan fingerprint density at radius 3 is 2.36 bits per heavy atom. The third kappa shape index (κ3) is 4.77. The summed E-state index contributed by atoms with van der Waals surface area (Å²) in [4.78, 5) is 36.7. The molecule has 2 rings (SSSR count). The van der Waals surface area contributed by atoms with E-state index < -0.39 is 29.9 Å². The maximum atomic E-state index is 12.3. The van der Waals surface area contributed by atoms with E-state index in [1.165, 1.54) is 0 Å². The standard InChI is InChI=1S/C21H30N2O5/c1-5-16(24)17(28-20-21(6-2,7-3)19(26)23-20)22-14(4)18(25)27-13-15-11-9-8-10-12-15/h8-12,14,17,20,22H,5-7,13H2,1-4H3,(H,23,26). The summed E-state index contributed by atoms with van der Waals surface area (Å²) >= 11 is 0. The van der Waals surface area contributed by atoms with E-state index in [9.17, 15) is 14.4 Å². The van der Waals surface area contributed by atoms with Crippen LogP contribution < -0.4 is 10.6 Å². The van der Waals surface area contributed by atoms with Gasteiger partial charge in [0.25, 0.3) is 0 Å². The number of rotatable bonds is 11. The minimum Gasteiger partial charge on any atom is -0.460 e. The SMILES string of the molecule is CCC(=O)C(NC(C)C(=O)OCc1ccccc1)OC1NC(=O)C1(CC)CC. The van der Waals surface area contributed by atoms with Crippen molar-refractivity contribution in [1.82, 2.24) is 10.6 Å². The summed E-state index contributed by atoms with van der Waals surface area (Å²) in [5.74, 6) is -0.735. The van der Waals surface area contributed by atoms with Crippen LogP contribution in [0.25, 0.3) is 0 Å². The Kier molecular flexibility index (Phi) is 7.71. The van der Waals surface area contributed by atoms with Crippen LogP contribution in [0.5, 0.6) is 0 Å². The lowest BCUT2D eigenvalue weighted by Crippen LogP contribution is -2.69. The highest BCUT2D eigenvalue weighted by atomic mass is 16.5. The highest BCUT2D eigenvalue weighted by Gasteiger charge is 2.54. The minimum absolute atomic E-state index is 0.0690. The predicted molar refractivity (Wildman–Crippen MR) is 104 cm³/mol. The molecule has 0 aromatic heterocycles. The number of Topliss-reactive ketones (excluding diaryl/α,β-unsaturated/α-hetero) is 1. The van der Waals surface area contributed by atoms with Gasteiger partial charge >= 0.3 is 5.97 Å². The van der Waals surface area contributed by atoms with Crippen molar-refractivity contribution in [3.8, 4) is 0 Å². The Hall–Kier alpha value is -2.25. The van der Waals surface area contributed by atoms with E-state index >= 15 is 0 Å². The Balaban J connectivity index is 1.96. The smallest absolute Gasteiger partial charge is 0.323 e. The summed E-state index contributed by atoms with van der Waals surface area (Å²) in [6.07, 6.45) is -0.0819. The van der Waals surface area contributed by atoms with E-state index in [4.69, 9.17) is 9.47 Å². The molecule has 1 aromatic carbocycles. The summed E-state index contributed by atoms with van der Waals surface area (Å²) in [6, 6.07) is 8.63. The molecule has 0 saturated carbocycles. The fraction of sp³-hybridized carbons (Fsp3) is 0.571. The molecule has 1 heterocycles. The predicted octanol–water partition coefficient (Wildman–Crippen LogP) is 2.29. The normalized spacial score (nSPS) is 19.9. The summed E-state index contributed by atoms with van der Waals surface area (Å²) in [5.41, 5.74) is 0.249. The Morgan fingerprint density at radius 1 is 1.18 bits per heavy atom. The summed E-state index contributed by atoms with van der Waals surface area (Å²) in [5, 5.41) is 5.63. The fourth-order valence-corrected chi connectivity index (χ4v) is 3.23. The molecular weight excluding hydrogens is 360 g/mol. The van der Waals surface area contributed by atoms with Gasteiger partial charge in [0.15, 0.2) is 12.0 Å². The van der Waals surface area contributed by atoms with Crippen LogP contribution in [0.15, 0.2) is 30.3 Å². The van der Waals surface area contributed by atoms with Gasteiger partial charge in [0.2, 0.25) is 5.91 Å². The molecule has 1 aliphatic heterocycles. The third-order valence-electron chi connectivity index (χ3n) is 5.37. The van der Waals surface area contributed by atoms with Crippen molar-refractivity contribution >= 4 is 17.7 Å². The monoisotopic (exact) mass is 390 g/mol. The second-order valence-corrected chi connectivity index (χ2v) is 7.03. The zero-order valence-corrected chi connectivity index (χ0v) is 17.0. The van der Waals surface area contributed by atoms with Gasteiger partial charge in [0.05, 0.1) is 5.41 Å². The minimum atomic E-state index is -0.993. The molecule has 154 valence electrons. The van der Waals surface area contributed by atoms with E-state index in [2.05, 4.69) is 10.6 Å². The van der Waals surface area contributed by atoms with Crippen molar-refractivity contribution in [2.75, 3.05) is 0 Å². The molecule has 7 nitrogen and oxygen atoms in total. The topological polar surface area (TPSA) is 93.7 Å². The molecular formula is C21H30N2O5. The average Bonchev–Trinajstić information content (AvgIpc) is 2.71. The van der Waals surface area contributed by atoms with Crippen LogP contribution >= 0.6 is 0 Å². The lowest BCUT2D eigenvalue weighted by molar-refractivity contribution is -0.192. The molecule has 3 unspecified atom stereocenters. The first-order valence-corrected chi connectivity index (χ1v) is 9.83. The van der Waals surface area contributed by atoms with Gasteiger partial charge in [-0.2, -0.15) is 0 Å². The molecule has 1 fully saturated rings. The van der Waals surface area contributed by atoms with Gasteiger partial charge < -0.3 is 14.8 Å². The number of β-lactam (4-membered cyclic amide) rings is 1. The van der Waals surface area contributed by atoms with E-state index in [-0.39, 0.29) is 24.7 Å². The van der Waals surface area contributed by atoms with Crippen LogP contribution in [0.4, 0.5) is 0 Å². The van der Waals surface area contributed by atoms with Crippen LogP contribution in [-0.4, -0.2) is 36.2 Å². The maximum Gasteiger partial charge on any atom is 0.323 e. The van der Waals surface area contributed by atoms with Gasteiger partial charge in [-0.25, -0.2) is 0 Å². The lowest BCUT2D eigenvalue weighted by Gasteiger charge is -2.48. The molecule has 3 atom stereocenters. The van der Waals surface area contributed by atoms with Crippen LogP contribution in [0.1, 0.15) is 52.5 Å². The fourth-order valence-electron chi connectivity index (χ4n) is 3.23. The van der Waals surface area contributed by atoms with Gasteiger partial charge in [-0.1, -0.05) is 51.1 Å². The Morgan fingerprint density at radius 2 is 1.82 bits per heavy atom. The number of benzene rings is 1. The van der Waals surface area contributed by atoms with E-state index in [0.29, 0.717) is 12.8 Å². The first kappa shape index (κ1) is 22.0. The average molecular weight is 390 g/mol. The van der Waals surface area contributed by atoms with Crippen molar-refractivity contribution in [2.45, 2.75) is 72.1 Å². The van der Waals surface area contributed by atoms with Crippen LogP contribution in [0.2, 0.25) is 0 Å². The van der Waals surface area contributed by atoms with Crippen molar-refractivity contribution in [1.29, 1.82) is 0 Å². The first-order valence-electron chi connectivity index (χ1n) is 9.83. The first-order chi connectivity index (χ1) is 13.4. The number of ether oxygens (including phenoxy) is 2. The molecule has 1 amide bonds. The van der Waals surface area contributed by atoms with Crippen molar-refractivity contribution < 1.29 is 23.9 Å². The number of hydrogen-bond acceptors (Lipinski definition) is 6. The zero-order chi connectivity index (χ0) is 20.7. The van der Waals surface area contributed by atoms with Crippen molar-refractivity contribution in [3.63, 3.8) is 0 Å². The second kappa shape index (κ2) is 9.80. The maximum absolute atomic E-state index is 12.3. The van der Waals surface area contributed by atoms with Crippen LogP contribution in [0.3, 0.4) is 0 Å². The van der Waals surface area contributed by atoms with Gasteiger partial charge in [0, 0.05) is 6.42 Å². The highest BCUT2D eigenvalue weighted by Crippen LogP contribution is 2.39. The molecule has 1 aliphatic rings. The Bertz CT molecular complexity index is 687. The second-order valence-electron chi connectivity index (χ2n) is 7.03. The summed E-state index contributed by atoms with van der Waals surface area (Å²) in [6.45, 7) is 7.36. The quantitative estimate of drug-likeness (QED) is 0.342. The highest BCUT2D eigenvalue weighted by molar-refractivity contribution is 5.90. The van der Waals surface area contributed by atoms with Gasteiger partial charge in [-0.15, -0.1) is 0 Å². The molecule has 0 aliphatic carbocycles. The number of esters is 1. The number of hydrogen-bond donors (Lipinski definition) is 2. The molecule has 7 heteroatoms. The zero-order valence-electron chi connectivity index (χ0n) is 17.0. The summed E-state index contributed by atoms with van der Waals surface area (Å²) in [7, 11) is 0. The van der Waals surface area contributed by atoms with Crippen LogP contribution in [-0.2, 0) is 30.5 Å². The van der Waals surface area contributed by atoms with Crippen LogP contribution in [0, 0.1) is 5.41 Å². The van der Waals surface area contributed by atoms with Crippen molar-refractivity contribution in [2.24, 2.45) is 5.41 Å². The number of ketones is 1. The van der Waals surface area contributed by atoms with Crippen molar-refractivity contribution in [3.05, 3.63) is 35.9 Å². The molecule has 28 heavy (non-hydrogen) atoms. The number of carbonyl (C=O) groups excluding carboxylic acids is 3. The lowest BCUT2D eigenvalue weighted by atomic mass is 9.73. The third-order valence-corrected chi connectivity index (χ3v) is 5.37.